The molecule has 1 radical (unpaired) electrons. The Labute approximate surface area is 164 Å². The Morgan fingerprint density at radius 1 is 0.600 bits per heavy atom. The summed E-state index contributed by atoms with van der Waals surface area (Å²) in [5.41, 5.74) is -0.704. The van der Waals surface area contributed by atoms with Crippen molar-refractivity contribution in [2.24, 2.45) is 0 Å². The summed E-state index contributed by atoms with van der Waals surface area (Å²) >= 11 is 0. The van der Waals surface area contributed by atoms with Crippen molar-refractivity contribution in [2.75, 3.05) is 0 Å². The van der Waals surface area contributed by atoms with E-state index >= 15 is 0 Å². The number of benzene rings is 2. The van der Waals surface area contributed by atoms with Crippen molar-refractivity contribution in [3.05, 3.63) is 58.7 Å². The van der Waals surface area contributed by atoms with E-state index < -0.39 is 41.6 Å². The topological polar surface area (TPSA) is 143 Å². The quantitative estimate of drug-likeness (QED) is 0.477. The van der Waals surface area contributed by atoms with Crippen LogP contribution in [0.5, 0.6) is 0 Å². The van der Waals surface area contributed by atoms with Crippen LogP contribution in [0.15, 0.2) is 46.2 Å². The second-order valence-electron chi connectivity index (χ2n) is 5.02. The zero-order chi connectivity index (χ0) is 17.9. The normalized spacial score (nSPS) is 13.7. The van der Waals surface area contributed by atoms with E-state index in [0.29, 0.717) is 0 Å². The van der Waals surface area contributed by atoms with Gasteiger partial charge in [-0.25, -0.2) is 0 Å². The molecule has 0 saturated carbocycles. The Balaban J connectivity index is 0.00000225. The average molecular weight is 391 g/mol. The second-order valence-corrected chi connectivity index (χ2v) is 7.87. The summed E-state index contributed by atoms with van der Waals surface area (Å²) in [7, 11) is -9.17. The molecule has 2 N–H and O–H groups in total. The molecule has 1 aliphatic carbocycles. The van der Waals surface area contributed by atoms with Gasteiger partial charge in [-0.1, -0.05) is 0 Å². The third kappa shape index (κ3) is 3.47. The van der Waals surface area contributed by atoms with Gasteiger partial charge in [0.1, 0.15) is 0 Å². The maximum Gasteiger partial charge on any atom is 0.294 e. The molecule has 0 atom stereocenters. The van der Waals surface area contributed by atoms with Gasteiger partial charge in [-0.2, -0.15) is 16.8 Å². The van der Waals surface area contributed by atoms with E-state index in [-0.39, 0.29) is 51.8 Å². The van der Waals surface area contributed by atoms with Crippen LogP contribution in [-0.4, -0.2) is 67.1 Å². The fraction of sp³-hybridized carbons (Fsp3) is 0. The first kappa shape index (κ1) is 19.9. The zero-order valence-corrected chi connectivity index (χ0v) is 16.3. The number of hydrogen-bond acceptors (Lipinski definition) is 6. The number of carbonyl (C=O) groups excluding carboxylic acids is 2. The molecule has 125 valence electrons. The van der Waals surface area contributed by atoms with Crippen molar-refractivity contribution >= 4 is 61.4 Å². The van der Waals surface area contributed by atoms with Crippen LogP contribution in [0.4, 0.5) is 0 Å². The van der Waals surface area contributed by atoms with E-state index in [2.05, 4.69) is 0 Å². The van der Waals surface area contributed by atoms with E-state index in [1.54, 1.807) is 0 Å². The van der Waals surface area contributed by atoms with E-state index in [1.165, 1.54) is 0 Å². The number of fused-ring (bicyclic) bond motifs is 2. The van der Waals surface area contributed by atoms with Gasteiger partial charge in [0.25, 0.3) is 20.2 Å². The smallest absolute Gasteiger partial charge is 0.289 e. The maximum atomic E-state index is 12.5. The molecule has 8 nitrogen and oxygen atoms in total. The molecule has 2 aromatic rings. The second kappa shape index (κ2) is 6.40. The summed E-state index contributed by atoms with van der Waals surface area (Å²) in [6.45, 7) is 0. The van der Waals surface area contributed by atoms with Crippen molar-refractivity contribution in [1.82, 2.24) is 0 Å². The fourth-order valence-corrected chi connectivity index (χ4v) is 3.44. The molecule has 0 aromatic heterocycles. The molecule has 3 rings (SSSR count). The van der Waals surface area contributed by atoms with Gasteiger partial charge in [0.15, 0.2) is 11.6 Å². The van der Waals surface area contributed by atoms with Crippen LogP contribution in [0, 0.1) is 0 Å². The van der Waals surface area contributed by atoms with Crippen molar-refractivity contribution in [3.63, 3.8) is 0 Å². The largest absolute Gasteiger partial charge is 0.294 e. The third-order valence-electron chi connectivity index (χ3n) is 3.56. The Morgan fingerprint density at radius 2 is 0.920 bits per heavy atom. The monoisotopic (exact) mass is 391 g/mol. The van der Waals surface area contributed by atoms with Crippen molar-refractivity contribution < 1.29 is 35.5 Å². The Hall–Kier alpha value is -1.40. The molecule has 0 fully saturated rings. The van der Waals surface area contributed by atoms with Crippen molar-refractivity contribution in [1.29, 1.82) is 0 Å². The van der Waals surface area contributed by atoms with Gasteiger partial charge < -0.3 is 0 Å². The Bertz CT molecular complexity index is 1050. The number of rotatable bonds is 2. The minimum Gasteiger partial charge on any atom is -0.289 e. The molecule has 0 saturated heterocycles. The molecule has 0 unspecified atom stereocenters. The average Bonchev–Trinajstić information content (AvgIpc) is 2.49. The zero-order valence-electron chi connectivity index (χ0n) is 12.6. The van der Waals surface area contributed by atoms with E-state index in [0.717, 1.165) is 36.4 Å². The molecule has 0 bridgehead atoms. The molecule has 2 aromatic carbocycles. The Kier molecular flexibility index (Phi) is 5.10. The molecular formula is C14H8NaO8S2. The van der Waals surface area contributed by atoms with Crippen LogP contribution in [0.1, 0.15) is 31.8 Å². The van der Waals surface area contributed by atoms with E-state index in [4.69, 9.17) is 9.11 Å². The van der Waals surface area contributed by atoms with Gasteiger partial charge >= 0.3 is 0 Å². The van der Waals surface area contributed by atoms with Crippen molar-refractivity contribution in [3.8, 4) is 0 Å². The Morgan fingerprint density at radius 3 is 1.24 bits per heavy atom. The van der Waals surface area contributed by atoms with Crippen LogP contribution in [0.2, 0.25) is 0 Å². The van der Waals surface area contributed by atoms with Crippen LogP contribution in [0.25, 0.3) is 0 Å². The molecule has 11 heteroatoms. The number of hydrogen-bond donors (Lipinski definition) is 2. The molecular weight excluding hydrogens is 383 g/mol. The maximum absolute atomic E-state index is 12.5. The molecule has 0 amide bonds. The van der Waals surface area contributed by atoms with Crippen LogP contribution < -0.4 is 0 Å². The summed E-state index contributed by atoms with van der Waals surface area (Å²) in [4.78, 5) is 23.8. The van der Waals surface area contributed by atoms with E-state index in [1.807, 2.05) is 0 Å². The van der Waals surface area contributed by atoms with Crippen molar-refractivity contribution in [2.45, 2.75) is 9.79 Å². The number of carbonyl (C=O) groups is 2. The van der Waals surface area contributed by atoms with E-state index in [9.17, 15) is 26.4 Å². The van der Waals surface area contributed by atoms with Gasteiger partial charge in [0.05, 0.1) is 9.79 Å². The summed E-state index contributed by atoms with van der Waals surface area (Å²) in [6.07, 6.45) is 0. The first-order valence-electron chi connectivity index (χ1n) is 6.32. The third-order valence-corrected chi connectivity index (χ3v) is 5.26. The SMILES string of the molecule is O=C1c2ccc(S(=O)(=O)O)cc2C(=O)c2cc(S(=O)(=O)O)ccc21.[Na]. The number of ketones is 2. The molecule has 0 aliphatic heterocycles. The first-order chi connectivity index (χ1) is 11.0. The predicted molar refractivity (Wildman–Crippen MR) is 85.1 cm³/mol. The fourth-order valence-electron chi connectivity index (χ4n) is 2.43. The minimum absolute atomic E-state index is 0. The summed E-state index contributed by atoms with van der Waals surface area (Å²) in [5, 5.41) is 0. The summed E-state index contributed by atoms with van der Waals surface area (Å²) < 4.78 is 62.8. The van der Waals surface area contributed by atoms with Gasteiger partial charge in [-0.15, -0.1) is 0 Å². The minimum atomic E-state index is -4.59. The standard InChI is InChI=1S/C14H8O8S2.Na/c15-13-9-3-1-7(23(17,18)19)5-11(9)14(16)12-6-8(24(20,21)22)2-4-10(12)13;/h1-6H,(H,17,18,19)(H,20,21,22);. The molecule has 0 heterocycles. The van der Waals surface area contributed by atoms with Crippen LogP contribution in [0.3, 0.4) is 0 Å². The molecule has 25 heavy (non-hydrogen) atoms. The molecule has 0 spiro atoms. The van der Waals surface area contributed by atoms with Gasteiger partial charge in [0, 0.05) is 51.8 Å². The summed E-state index contributed by atoms with van der Waals surface area (Å²) in [5.74, 6) is -1.40. The van der Waals surface area contributed by atoms with Gasteiger partial charge in [-0.05, 0) is 36.4 Å². The molecule has 1 aliphatic rings. The van der Waals surface area contributed by atoms with Crippen LogP contribution in [-0.2, 0) is 20.2 Å². The van der Waals surface area contributed by atoms with Gasteiger partial charge in [-0.3, -0.25) is 18.7 Å². The summed E-state index contributed by atoms with van der Waals surface area (Å²) in [6, 6.07) is 5.84. The van der Waals surface area contributed by atoms with Gasteiger partial charge in [0.2, 0.25) is 0 Å². The predicted octanol–water partition coefficient (Wildman–Crippen LogP) is 0.575. The first-order valence-corrected chi connectivity index (χ1v) is 9.20. The van der Waals surface area contributed by atoms with Crippen LogP contribution >= 0.6 is 0 Å².